The summed E-state index contributed by atoms with van der Waals surface area (Å²) in [6.45, 7) is 0. The van der Waals surface area contributed by atoms with Crippen molar-refractivity contribution < 1.29 is 9.53 Å². The van der Waals surface area contributed by atoms with Gasteiger partial charge in [-0.1, -0.05) is 25.7 Å². The van der Waals surface area contributed by atoms with Gasteiger partial charge in [-0.05, 0) is 30.9 Å². The Labute approximate surface area is 120 Å². The molecule has 1 aliphatic rings. The van der Waals surface area contributed by atoms with Gasteiger partial charge >= 0.3 is 0 Å². The Bertz CT molecular complexity index is 452. The van der Waals surface area contributed by atoms with Crippen LogP contribution in [0.1, 0.15) is 44.9 Å². The number of nitrogen functional groups attached to an aromatic ring is 1. The fraction of sp³-hybridized carbons (Fsp3) is 0.562. The summed E-state index contributed by atoms with van der Waals surface area (Å²) in [6, 6.07) is 5.32. The van der Waals surface area contributed by atoms with E-state index in [0.29, 0.717) is 29.5 Å². The lowest BCUT2D eigenvalue weighted by atomic mass is 9.96. The van der Waals surface area contributed by atoms with E-state index in [1.807, 2.05) is 0 Å². The summed E-state index contributed by atoms with van der Waals surface area (Å²) >= 11 is 0. The Morgan fingerprint density at radius 2 is 2.00 bits per heavy atom. The number of benzene rings is 1. The highest BCUT2D eigenvalue weighted by atomic mass is 16.5. The van der Waals surface area contributed by atoms with E-state index in [2.05, 4.69) is 5.32 Å². The molecule has 0 aliphatic heterocycles. The van der Waals surface area contributed by atoms with Crippen LogP contribution in [0.5, 0.6) is 5.75 Å². The molecule has 110 valence electrons. The van der Waals surface area contributed by atoms with Crippen molar-refractivity contribution in [2.24, 2.45) is 5.92 Å². The maximum atomic E-state index is 12.1. The Hall–Kier alpha value is -1.71. The zero-order valence-electron chi connectivity index (χ0n) is 12.2. The smallest absolute Gasteiger partial charge is 0.224 e. The molecule has 0 heterocycles. The largest absolute Gasteiger partial charge is 0.497 e. The first-order valence-corrected chi connectivity index (χ1v) is 7.42. The van der Waals surface area contributed by atoms with Crippen LogP contribution in [0.15, 0.2) is 18.2 Å². The molecule has 0 aromatic heterocycles. The van der Waals surface area contributed by atoms with E-state index in [1.165, 1.54) is 38.5 Å². The molecule has 0 radical (unpaired) electrons. The first-order chi connectivity index (χ1) is 9.69. The zero-order chi connectivity index (χ0) is 14.4. The fourth-order valence-corrected chi connectivity index (χ4v) is 2.81. The van der Waals surface area contributed by atoms with Crippen LogP contribution in [0.4, 0.5) is 11.4 Å². The third kappa shape index (κ3) is 4.15. The monoisotopic (exact) mass is 276 g/mol. The van der Waals surface area contributed by atoms with Crippen LogP contribution in [0.2, 0.25) is 0 Å². The van der Waals surface area contributed by atoms with Crippen molar-refractivity contribution in [2.45, 2.75) is 44.9 Å². The quantitative estimate of drug-likeness (QED) is 0.652. The summed E-state index contributed by atoms with van der Waals surface area (Å²) in [5.41, 5.74) is 7.12. The maximum Gasteiger partial charge on any atom is 0.224 e. The van der Waals surface area contributed by atoms with E-state index >= 15 is 0 Å². The number of nitrogens with two attached hydrogens (primary N) is 1. The molecule has 1 aliphatic carbocycles. The Kier molecular flexibility index (Phi) is 5.27. The molecule has 1 aromatic rings. The number of methoxy groups -OCH3 is 1. The molecule has 3 N–H and O–H groups in total. The second-order valence-electron chi connectivity index (χ2n) is 5.56. The number of nitrogens with one attached hydrogen (secondary N) is 1. The Morgan fingerprint density at radius 1 is 1.30 bits per heavy atom. The van der Waals surface area contributed by atoms with Crippen LogP contribution in [-0.2, 0) is 4.79 Å². The number of hydrogen-bond donors (Lipinski definition) is 2. The maximum absolute atomic E-state index is 12.1. The van der Waals surface area contributed by atoms with Gasteiger partial charge in [-0.3, -0.25) is 4.79 Å². The van der Waals surface area contributed by atoms with Crippen molar-refractivity contribution in [1.29, 1.82) is 0 Å². The van der Waals surface area contributed by atoms with Crippen molar-refractivity contribution in [1.82, 2.24) is 0 Å². The van der Waals surface area contributed by atoms with Gasteiger partial charge in [0.1, 0.15) is 5.75 Å². The molecule has 1 fully saturated rings. The van der Waals surface area contributed by atoms with Crippen LogP contribution in [0.3, 0.4) is 0 Å². The van der Waals surface area contributed by atoms with Gasteiger partial charge < -0.3 is 15.8 Å². The van der Waals surface area contributed by atoms with Gasteiger partial charge in [0.25, 0.3) is 0 Å². The normalized spacial score (nSPS) is 16.4. The van der Waals surface area contributed by atoms with Crippen LogP contribution >= 0.6 is 0 Å². The number of ether oxygens (including phenoxy) is 1. The summed E-state index contributed by atoms with van der Waals surface area (Å²) in [5.74, 6) is 1.29. The third-order valence-electron chi connectivity index (χ3n) is 3.98. The van der Waals surface area contributed by atoms with E-state index in [4.69, 9.17) is 10.5 Å². The molecule has 1 amide bonds. The third-order valence-corrected chi connectivity index (χ3v) is 3.98. The predicted molar refractivity (Wildman–Crippen MR) is 81.8 cm³/mol. The van der Waals surface area contributed by atoms with E-state index < -0.39 is 0 Å². The molecule has 20 heavy (non-hydrogen) atoms. The highest BCUT2D eigenvalue weighted by Crippen LogP contribution is 2.27. The van der Waals surface area contributed by atoms with E-state index in [0.717, 1.165) is 0 Å². The minimum atomic E-state index is 0.0637. The number of carbonyl (C=O) groups is 1. The van der Waals surface area contributed by atoms with Crippen molar-refractivity contribution in [2.75, 3.05) is 18.2 Å². The second kappa shape index (κ2) is 7.17. The summed E-state index contributed by atoms with van der Waals surface area (Å²) in [6.07, 6.45) is 8.07. The highest BCUT2D eigenvalue weighted by molar-refractivity contribution is 5.94. The van der Waals surface area contributed by atoms with Crippen molar-refractivity contribution >= 4 is 17.3 Å². The molecular formula is C16H24N2O2. The molecular weight excluding hydrogens is 252 g/mol. The molecule has 0 unspecified atom stereocenters. The van der Waals surface area contributed by atoms with Gasteiger partial charge in [-0.25, -0.2) is 0 Å². The molecule has 0 saturated heterocycles. The van der Waals surface area contributed by atoms with Crippen LogP contribution < -0.4 is 15.8 Å². The average molecular weight is 276 g/mol. The number of carbonyl (C=O) groups excluding carboxylic acids is 1. The van der Waals surface area contributed by atoms with Crippen molar-refractivity contribution in [3.63, 3.8) is 0 Å². The standard InChI is InChI=1S/C16H24N2O2/c1-20-13-8-9-15(14(17)11-13)18-16(19)10-12-6-4-2-3-5-7-12/h8-9,11-12H,2-7,10,17H2,1H3,(H,18,19). The highest BCUT2D eigenvalue weighted by Gasteiger charge is 2.16. The van der Waals surface area contributed by atoms with E-state index in [-0.39, 0.29) is 5.91 Å². The van der Waals surface area contributed by atoms with Gasteiger partial charge in [0, 0.05) is 12.5 Å². The van der Waals surface area contributed by atoms with Gasteiger partial charge in [-0.15, -0.1) is 0 Å². The number of hydrogen-bond acceptors (Lipinski definition) is 3. The Morgan fingerprint density at radius 3 is 2.60 bits per heavy atom. The minimum absolute atomic E-state index is 0.0637. The molecule has 0 atom stereocenters. The lowest BCUT2D eigenvalue weighted by Gasteiger charge is -2.14. The van der Waals surface area contributed by atoms with E-state index in [1.54, 1.807) is 25.3 Å². The van der Waals surface area contributed by atoms with Crippen molar-refractivity contribution in [3.8, 4) is 5.75 Å². The van der Waals surface area contributed by atoms with Gasteiger partial charge in [-0.2, -0.15) is 0 Å². The zero-order valence-corrected chi connectivity index (χ0v) is 12.2. The summed E-state index contributed by atoms with van der Waals surface area (Å²) in [5, 5.41) is 2.91. The summed E-state index contributed by atoms with van der Waals surface area (Å²) in [7, 11) is 1.60. The molecule has 4 heteroatoms. The molecule has 0 bridgehead atoms. The fourth-order valence-electron chi connectivity index (χ4n) is 2.81. The lowest BCUT2D eigenvalue weighted by Crippen LogP contribution is -2.17. The van der Waals surface area contributed by atoms with Gasteiger partial charge in [0.15, 0.2) is 0 Å². The van der Waals surface area contributed by atoms with Crippen LogP contribution in [0.25, 0.3) is 0 Å². The predicted octanol–water partition coefficient (Wildman–Crippen LogP) is 3.58. The molecule has 2 rings (SSSR count). The first-order valence-electron chi connectivity index (χ1n) is 7.42. The number of rotatable bonds is 4. The molecule has 1 saturated carbocycles. The first kappa shape index (κ1) is 14.7. The Balaban J connectivity index is 1.90. The van der Waals surface area contributed by atoms with Crippen molar-refractivity contribution in [3.05, 3.63) is 18.2 Å². The summed E-state index contributed by atoms with van der Waals surface area (Å²) < 4.78 is 5.10. The van der Waals surface area contributed by atoms with Gasteiger partial charge in [0.05, 0.1) is 18.5 Å². The van der Waals surface area contributed by atoms with E-state index in [9.17, 15) is 4.79 Å². The molecule has 0 spiro atoms. The SMILES string of the molecule is COc1ccc(NC(=O)CC2CCCCCC2)c(N)c1. The minimum Gasteiger partial charge on any atom is -0.497 e. The number of anilines is 2. The molecule has 4 nitrogen and oxygen atoms in total. The lowest BCUT2D eigenvalue weighted by molar-refractivity contribution is -0.117. The topological polar surface area (TPSA) is 64.3 Å². The van der Waals surface area contributed by atoms with Crippen LogP contribution in [-0.4, -0.2) is 13.0 Å². The average Bonchev–Trinajstić information content (AvgIpc) is 2.69. The number of amides is 1. The molecule has 1 aromatic carbocycles. The summed E-state index contributed by atoms with van der Waals surface area (Å²) in [4.78, 5) is 12.1. The van der Waals surface area contributed by atoms with Gasteiger partial charge in [0.2, 0.25) is 5.91 Å². The van der Waals surface area contributed by atoms with Crippen LogP contribution in [0, 0.1) is 5.92 Å². The second-order valence-corrected chi connectivity index (χ2v) is 5.56.